The highest BCUT2D eigenvalue weighted by Gasteiger charge is 2.12. The van der Waals surface area contributed by atoms with E-state index in [-0.39, 0.29) is 11.9 Å². The molecule has 0 radical (unpaired) electrons. The molecule has 1 heterocycles. The molecule has 0 saturated heterocycles. The van der Waals surface area contributed by atoms with Crippen LogP contribution in [0.3, 0.4) is 0 Å². The van der Waals surface area contributed by atoms with E-state index in [0.29, 0.717) is 5.56 Å². The van der Waals surface area contributed by atoms with Crippen LogP contribution in [0.4, 0.5) is 0 Å². The number of hydrogen-bond donors (Lipinski definition) is 1. The Morgan fingerprint density at radius 2 is 2.23 bits per heavy atom. The summed E-state index contributed by atoms with van der Waals surface area (Å²) in [6, 6.07) is 0.159. The molecule has 1 amide bonds. The van der Waals surface area contributed by atoms with E-state index >= 15 is 0 Å². The van der Waals surface area contributed by atoms with Crippen molar-refractivity contribution >= 4 is 5.91 Å². The fraction of sp³-hybridized carbons (Fsp3) is 0.556. The minimum atomic E-state index is -0.0550. The van der Waals surface area contributed by atoms with Crippen LogP contribution >= 0.6 is 0 Å². The molecule has 4 nitrogen and oxygen atoms in total. The number of aromatic nitrogens is 2. The lowest BCUT2D eigenvalue weighted by molar-refractivity contribution is 0.0942. The van der Waals surface area contributed by atoms with Gasteiger partial charge in [0.15, 0.2) is 0 Å². The number of hydrogen-bond acceptors (Lipinski definition) is 2. The molecule has 0 aliphatic rings. The molecule has 0 aromatic carbocycles. The average Bonchev–Trinajstić information content (AvgIpc) is 2.28. The minimum absolute atomic E-state index is 0.0550. The number of nitrogens with zero attached hydrogens (tertiary/aromatic N) is 2. The van der Waals surface area contributed by atoms with E-state index in [1.54, 1.807) is 17.9 Å². The van der Waals surface area contributed by atoms with Gasteiger partial charge in [0.1, 0.15) is 0 Å². The van der Waals surface area contributed by atoms with E-state index in [1.807, 2.05) is 20.8 Å². The van der Waals surface area contributed by atoms with Crippen LogP contribution in [0.15, 0.2) is 6.20 Å². The van der Waals surface area contributed by atoms with E-state index in [0.717, 1.165) is 5.69 Å². The summed E-state index contributed by atoms with van der Waals surface area (Å²) in [5.74, 6) is -0.0550. The number of rotatable bonds is 2. The second-order valence-corrected chi connectivity index (χ2v) is 3.43. The van der Waals surface area contributed by atoms with Crippen LogP contribution in [0, 0.1) is 6.92 Å². The molecule has 0 unspecified atom stereocenters. The summed E-state index contributed by atoms with van der Waals surface area (Å²) in [6.07, 6.45) is 1.73. The molecule has 0 atom stereocenters. The van der Waals surface area contributed by atoms with Crippen molar-refractivity contribution in [2.75, 3.05) is 0 Å². The average molecular weight is 181 g/mol. The van der Waals surface area contributed by atoms with Crippen LogP contribution in [-0.2, 0) is 7.05 Å². The third-order valence-electron chi connectivity index (χ3n) is 1.68. The molecule has 0 fully saturated rings. The second kappa shape index (κ2) is 3.60. The van der Waals surface area contributed by atoms with Gasteiger partial charge >= 0.3 is 0 Å². The zero-order valence-corrected chi connectivity index (χ0v) is 8.46. The number of aryl methyl sites for hydroxylation is 2. The predicted octanol–water partition coefficient (Wildman–Crippen LogP) is 0.867. The minimum Gasteiger partial charge on any atom is -0.350 e. The summed E-state index contributed by atoms with van der Waals surface area (Å²) in [7, 11) is 1.80. The fourth-order valence-electron chi connectivity index (χ4n) is 1.16. The van der Waals surface area contributed by atoms with E-state index in [9.17, 15) is 4.79 Å². The van der Waals surface area contributed by atoms with Gasteiger partial charge in [0.05, 0.1) is 11.3 Å². The van der Waals surface area contributed by atoms with E-state index in [2.05, 4.69) is 10.4 Å². The molecule has 0 saturated carbocycles. The highest BCUT2D eigenvalue weighted by atomic mass is 16.1. The van der Waals surface area contributed by atoms with Crippen molar-refractivity contribution in [1.29, 1.82) is 0 Å². The number of nitrogens with one attached hydrogen (secondary N) is 1. The Hall–Kier alpha value is -1.32. The Morgan fingerprint density at radius 1 is 1.62 bits per heavy atom. The topological polar surface area (TPSA) is 46.9 Å². The summed E-state index contributed by atoms with van der Waals surface area (Å²) >= 11 is 0. The van der Waals surface area contributed by atoms with Crippen molar-refractivity contribution < 1.29 is 4.79 Å². The summed E-state index contributed by atoms with van der Waals surface area (Å²) in [5.41, 5.74) is 1.41. The highest BCUT2D eigenvalue weighted by molar-refractivity contribution is 5.95. The molecule has 72 valence electrons. The molecule has 1 aromatic rings. The van der Waals surface area contributed by atoms with Gasteiger partial charge in [-0.1, -0.05) is 0 Å². The summed E-state index contributed by atoms with van der Waals surface area (Å²) in [4.78, 5) is 11.5. The molecular weight excluding hydrogens is 166 g/mol. The molecule has 4 heteroatoms. The third-order valence-corrected chi connectivity index (χ3v) is 1.68. The zero-order chi connectivity index (χ0) is 10.0. The smallest absolute Gasteiger partial charge is 0.254 e. The Labute approximate surface area is 77.9 Å². The van der Waals surface area contributed by atoms with Gasteiger partial charge in [0.2, 0.25) is 0 Å². The summed E-state index contributed by atoms with van der Waals surface area (Å²) < 4.78 is 1.64. The summed E-state index contributed by atoms with van der Waals surface area (Å²) in [5, 5.41) is 6.92. The SMILES string of the molecule is Cc1nn(C)cc1C(=O)NC(C)C. The fourth-order valence-corrected chi connectivity index (χ4v) is 1.16. The molecule has 0 bridgehead atoms. The Balaban J connectivity index is 2.82. The van der Waals surface area contributed by atoms with Gasteiger partial charge in [-0.05, 0) is 20.8 Å². The van der Waals surface area contributed by atoms with Crippen LogP contribution in [0.2, 0.25) is 0 Å². The zero-order valence-electron chi connectivity index (χ0n) is 8.46. The molecule has 1 aromatic heterocycles. The van der Waals surface area contributed by atoms with Gasteiger partial charge in [0.25, 0.3) is 5.91 Å². The Morgan fingerprint density at radius 3 is 2.62 bits per heavy atom. The lowest BCUT2D eigenvalue weighted by atomic mass is 10.2. The Kier molecular flexibility index (Phi) is 2.70. The van der Waals surface area contributed by atoms with Crippen LogP contribution in [0.1, 0.15) is 29.9 Å². The van der Waals surface area contributed by atoms with Gasteiger partial charge in [0, 0.05) is 19.3 Å². The standard InChI is InChI=1S/C9H15N3O/c1-6(2)10-9(13)8-5-12(4)11-7(8)3/h5-6H,1-4H3,(H,10,13). The van der Waals surface area contributed by atoms with Crippen molar-refractivity contribution in [1.82, 2.24) is 15.1 Å². The Bertz CT molecular complexity index is 315. The van der Waals surface area contributed by atoms with E-state index in [4.69, 9.17) is 0 Å². The van der Waals surface area contributed by atoms with Gasteiger partial charge in [-0.15, -0.1) is 0 Å². The van der Waals surface area contributed by atoms with Crippen LogP contribution < -0.4 is 5.32 Å². The molecule has 0 aliphatic carbocycles. The van der Waals surface area contributed by atoms with Gasteiger partial charge in [-0.3, -0.25) is 9.48 Å². The van der Waals surface area contributed by atoms with Crippen molar-refractivity contribution in [3.8, 4) is 0 Å². The third kappa shape index (κ3) is 2.31. The van der Waals surface area contributed by atoms with Crippen LogP contribution in [0.5, 0.6) is 0 Å². The number of carbonyl (C=O) groups excluding carboxylic acids is 1. The monoisotopic (exact) mass is 181 g/mol. The van der Waals surface area contributed by atoms with E-state index < -0.39 is 0 Å². The maximum Gasteiger partial charge on any atom is 0.254 e. The maximum absolute atomic E-state index is 11.5. The number of carbonyl (C=O) groups is 1. The molecule has 0 spiro atoms. The van der Waals surface area contributed by atoms with Crippen molar-refractivity contribution in [3.63, 3.8) is 0 Å². The van der Waals surface area contributed by atoms with Crippen LogP contribution in [0.25, 0.3) is 0 Å². The van der Waals surface area contributed by atoms with Gasteiger partial charge in [-0.25, -0.2) is 0 Å². The summed E-state index contributed by atoms with van der Waals surface area (Å²) in [6.45, 7) is 5.70. The van der Waals surface area contributed by atoms with Gasteiger partial charge in [-0.2, -0.15) is 5.10 Å². The first kappa shape index (κ1) is 9.77. The first-order chi connectivity index (χ1) is 6.00. The van der Waals surface area contributed by atoms with E-state index in [1.165, 1.54) is 0 Å². The number of amides is 1. The first-order valence-corrected chi connectivity index (χ1v) is 4.32. The van der Waals surface area contributed by atoms with Crippen molar-refractivity contribution in [3.05, 3.63) is 17.5 Å². The molecular formula is C9H15N3O. The molecule has 13 heavy (non-hydrogen) atoms. The molecule has 1 N–H and O–H groups in total. The lowest BCUT2D eigenvalue weighted by Gasteiger charge is -2.06. The van der Waals surface area contributed by atoms with Gasteiger partial charge < -0.3 is 5.32 Å². The quantitative estimate of drug-likeness (QED) is 0.735. The van der Waals surface area contributed by atoms with Crippen LogP contribution in [-0.4, -0.2) is 21.7 Å². The highest BCUT2D eigenvalue weighted by Crippen LogP contribution is 2.04. The maximum atomic E-state index is 11.5. The second-order valence-electron chi connectivity index (χ2n) is 3.43. The molecule has 1 rings (SSSR count). The van der Waals surface area contributed by atoms with Crippen molar-refractivity contribution in [2.24, 2.45) is 7.05 Å². The largest absolute Gasteiger partial charge is 0.350 e. The lowest BCUT2D eigenvalue weighted by Crippen LogP contribution is -2.30. The normalized spacial score (nSPS) is 10.5. The predicted molar refractivity (Wildman–Crippen MR) is 50.5 cm³/mol. The first-order valence-electron chi connectivity index (χ1n) is 4.32. The molecule has 0 aliphatic heterocycles. The van der Waals surface area contributed by atoms with Crippen molar-refractivity contribution in [2.45, 2.75) is 26.8 Å².